The molecule has 0 aromatic rings. The van der Waals surface area contributed by atoms with E-state index in [0.717, 1.165) is 19.5 Å². The maximum atomic E-state index is 12.2. The normalized spacial score (nSPS) is 23.4. The summed E-state index contributed by atoms with van der Waals surface area (Å²) in [5.41, 5.74) is 0. The Kier molecular flexibility index (Phi) is 6.02. The molecule has 1 fully saturated rings. The summed E-state index contributed by atoms with van der Waals surface area (Å²) >= 11 is 0. The highest BCUT2D eigenvalue weighted by atomic mass is 16.4. The first-order valence-electron chi connectivity index (χ1n) is 6.75. The topological polar surface area (TPSA) is 60.9 Å². The smallest absolute Gasteiger partial charge is 0.317 e. The highest BCUT2D eigenvalue weighted by Crippen LogP contribution is 2.20. The van der Waals surface area contributed by atoms with Crippen LogP contribution in [0.15, 0.2) is 12.7 Å². The summed E-state index contributed by atoms with van der Waals surface area (Å²) in [5.74, 6) is 0.122. The van der Waals surface area contributed by atoms with Gasteiger partial charge >= 0.3 is 5.97 Å². The molecule has 2 atom stereocenters. The van der Waals surface area contributed by atoms with Gasteiger partial charge in [0.1, 0.15) is 0 Å². The number of aliphatic carboxylic acids is 1. The van der Waals surface area contributed by atoms with Crippen molar-refractivity contribution >= 4 is 11.9 Å². The molecule has 1 heterocycles. The summed E-state index contributed by atoms with van der Waals surface area (Å²) < 4.78 is 0. The average molecular weight is 268 g/mol. The molecule has 5 heteroatoms. The van der Waals surface area contributed by atoms with Crippen LogP contribution >= 0.6 is 0 Å². The molecule has 0 saturated carbocycles. The lowest BCUT2D eigenvalue weighted by atomic mass is 9.92. The predicted molar refractivity (Wildman–Crippen MR) is 73.8 cm³/mol. The summed E-state index contributed by atoms with van der Waals surface area (Å²) in [7, 11) is 0. The first-order valence-corrected chi connectivity index (χ1v) is 6.75. The number of rotatable bonds is 6. The van der Waals surface area contributed by atoms with Crippen molar-refractivity contribution in [3.63, 3.8) is 0 Å². The van der Waals surface area contributed by atoms with Gasteiger partial charge in [0.2, 0.25) is 5.91 Å². The third-order valence-corrected chi connectivity index (χ3v) is 3.33. The Balaban J connectivity index is 2.55. The van der Waals surface area contributed by atoms with Gasteiger partial charge in [0.15, 0.2) is 0 Å². The van der Waals surface area contributed by atoms with E-state index in [4.69, 9.17) is 5.11 Å². The van der Waals surface area contributed by atoms with Crippen LogP contribution in [0.2, 0.25) is 0 Å². The first-order chi connectivity index (χ1) is 8.92. The molecule has 0 radical (unpaired) electrons. The van der Waals surface area contributed by atoms with E-state index in [1.165, 1.54) is 0 Å². The van der Waals surface area contributed by atoms with Crippen molar-refractivity contribution in [2.45, 2.75) is 20.3 Å². The van der Waals surface area contributed by atoms with Crippen LogP contribution in [0.1, 0.15) is 20.3 Å². The van der Waals surface area contributed by atoms with E-state index in [9.17, 15) is 9.59 Å². The summed E-state index contributed by atoms with van der Waals surface area (Å²) in [6, 6.07) is 0. The first kappa shape index (κ1) is 15.7. The van der Waals surface area contributed by atoms with Crippen molar-refractivity contribution in [1.82, 2.24) is 9.80 Å². The average Bonchev–Trinajstić information content (AvgIpc) is 2.26. The van der Waals surface area contributed by atoms with Gasteiger partial charge in [0, 0.05) is 19.6 Å². The van der Waals surface area contributed by atoms with Gasteiger partial charge in [-0.1, -0.05) is 19.9 Å². The number of carbonyl (C=O) groups excluding carboxylic acids is 1. The van der Waals surface area contributed by atoms with Crippen LogP contribution in [0.25, 0.3) is 0 Å². The van der Waals surface area contributed by atoms with Gasteiger partial charge in [-0.25, -0.2) is 0 Å². The number of hydrogen-bond donors (Lipinski definition) is 1. The van der Waals surface area contributed by atoms with Crippen LogP contribution in [-0.2, 0) is 9.59 Å². The van der Waals surface area contributed by atoms with Crippen molar-refractivity contribution < 1.29 is 14.7 Å². The molecule has 0 aliphatic carbocycles. The van der Waals surface area contributed by atoms with E-state index >= 15 is 0 Å². The second-order valence-electron chi connectivity index (χ2n) is 5.60. The zero-order valence-electron chi connectivity index (χ0n) is 11.8. The van der Waals surface area contributed by atoms with Crippen LogP contribution in [0, 0.1) is 11.8 Å². The monoisotopic (exact) mass is 268 g/mol. The zero-order valence-corrected chi connectivity index (χ0v) is 11.8. The molecule has 5 nitrogen and oxygen atoms in total. The van der Waals surface area contributed by atoms with Gasteiger partial charge in [0.05, 0.1) is 13.1 Å². The number of carbonyl (C=O) groups is 2. The number of carboxylic acids is 1. The molecule has 2 unspecified atom stereocenters. The third kappa shape index (κ3) is 5.42. The molecule has 1 amide bonds. The molecule has 1 N–H and O–H groups in total. The van der Waals surface area contributed by atoms with Crippen molar-refractivity contribution in [3.05, 3.63) is 12.7 Å². The highest BCUT2D eigenvalue weighted by molar-refractivity contribution is 5.79. The van der Waals surface area contributed by atoms with Gasteiger partial charge in [0.25, 0.3) is 0 Å². The minimum absolute atomic E-state index is 0.0153. The van der Waals surface area contributed by atoms with Crippen LogP contribution in [-0.4, -0.2) is 59.5 Å². The van der Waals surface area contributed by atoms with Crippen molar-refractivity contribution in [2.24, 2.45) is 11.8 Å². The quantitative estimate of drug-likeness (QED) is 0.732. The van der Waals surface area contributed by atoms with Crippen molar-refractivity contribution in [3.8, 4) is 0 Å². The Bertz CT molecular complexity index is 334. The minimum atomic E-state index is -0.921. The Labute approximate surface area is 114 Å². The maximum absolute atomic E-state index is 12.2. The Morgan fingerprint density at radius 1 is 1.32 bits per heavy atom. The van der Waals surface area contributed by atoms with Crippen molar-refractivity contribution in [1.29, 1.82) is 0 Å². The molecule has 1 aliphatic heterocycles. The number of hydrogen-bond acceptors (Lipinski definition) is 3. The molecule has 1 aliphatic rings. The molecule has 1 saturated heterocycles. The fourth-order valence-corrected chi connectivity index (χ4v) is 2.72. The number of amides is 1. The molecule has 108 valence electrons. The maximum Gasteiger partial charge on any atom is 0.317 e. The lowest BCUT2D eigenvalue weighted by Gasteiger charge is -2.36. The van der Waals surface area contributed by atoms with Gasteiger partial charge in [-0.3, -0.25) is 14.5 Å². The Morgan fingerprint density at radius 3 is 2.37 bits per heavy atom. The molecule has 0 aromatic heterocycles. The van der Waals surface area contributed by atoms with Crippen LogP contribution < -0.4 is 0 Å². The second-order valence-corrected chi connectivity index (χ2v) is 5.60. The van der Waals surface area contributed by atoms with E-state index in [-0.39, 0.29) is 19.0 Å². The number of piperidine rings is 1. The molecule has 19 heavy (non-hydrogen) atoms. The van der Waals surface area contributed by atoms with Gasteiger partial charge < -0.3 is 10.0 Å². The lowest BCUT2D eigenvalue weighted by Crippen LogP contribution is -2.47. The fourth-order valence-electron chi connectivity index (χ4n) is 2.72. The largest absolute Gasteiger partial charge is 0.480 e. The summed E-state index contributed by atoms with van der Waals surface area (Å²) in [4.78, 5) is 26.4. The standard InChI is InChI=1S/C14H24N2O3/c1-4-5-15(10-14(18)19)9-13(17)16-7-11(2)6-12(3)8-16/h4,11-12H,1,5-10H2,2-3H3,(H,18,19). The summed E-state index contributed by atoms with van der Waals surface area (Å²) in [6.07, 6.45) is 2.77. The molecule has 0 bridgehead atoms. The summed E-state index contributed by atoms with van der Waals surface area (Å²) in [5, 5.41) is 8.82. The highest BCUT2D eigenvalue weighted by Gasteiger charge is 2.26. The molecular weight excluding hydrogens is 244 g/mol. The van der Waals surface area contributed by atoms with E-state index in [1.54, 1.807) is 11.0 Å². The van der Waals surface area contributed by atoms with E-state index in [0.29, 0.717) is 18.4 Å². The number of nitrogens with zero attached hydrogens (tertiary/aromatic N) is 2. The molecule has 0 spiro atoms. The lowest BCUT2D eigenvalue weighted by molar-refractivity contribution is -0.140. The van der Waals surface area contributed by atoms with Crippen LogP contribution in [0.4, 0.5) is 0 Å². The minimum Gasteiger partial charge on any atom is -0.480 e. The zero-order chi connectivity index (χ0) is 14.4. The fraction of sp³-hybridized carbons (Fsp3) is 0.714. The van der Waals surface area contributed by atoms with Crippen LogP contribution in [0.5, 0.6) is 0 Å². The van der Waals surface area contributed by atoms with Gasteiger partial charge in [-0.15, -0.1) is 6.58 Å². The molecular formula is C14H24N2O3. The third-order valence-electron chi connectivity index (χ3n) is 3.33. The SMILES string of the molecule is C=CCN(CC(=O)O)CC(=O)N1CC(C)CC(C)C1. The number of likely N-dealkylation sites (tertiary alicyclic amines) is 1. The van der Waals surface area contributed by atoms with E-state index in [1.807, 2.05) is 4.90 Å². The van der Waals surface area contributed by atoms with E-state index < -0.39 is 5.97 Å². The molecule has 0 aromatic carbocycles. The Morgan fingerprint density at radius 2 is 1.89 bits per heavy atom. The van der Waals surface area contributed by atoms with Crippen molar-refractivity contribution in [2.75, 3.05) is 32.7 Å². The number of carboxylic acid groups (broad SMARTS) is 1. The van der Waals surface area contributed by atoms with E-state index in [2.05, 4.69) is 20.4 Å². The predicted octanol–water partition coefficient (Wildman–Crippen LogP) is 1.06. The van der Waals surface area contributed by atoms with Gasteiger partial charge in [-0.2, -0.15) is 0 Å². The van der Waals surface area contributed by atoms with Crippen LogP contribution in [0.3, 0.4) is 0 Å². The second kappa shape index (κ2) is 7.28. The summed E-state index contributed by atoms with van der Waals surface area (Å²) in [6.45, 7) is 9.88. The molecule has 1 rings (SSSR count). The van der Waals surface area contributed by atoms with Gasteiger partial charge in [-0.05, 0) is 18.3 Å². The Hall–Kier alpha value is -1.36.